The zero-order valence-electron chi connectivity index (χ0n) is 13.4. The van der Waals surface area contributed by atoms with Crippen LogP contribution in [0, 0.1) is 6.92 Å². The summed E-state index contributed by atoms with van der Waals surface area (Å²) < 4.78 is 5.10. The van der Waals surface area contributed by atoms with Crippen LogP contribution in [-0.4, -0.2) is 23.0 Å². The maximum Gasteiger partial charge on any atom is 0.251 e. The van der Waals surface area contributed by atoms with Gasteiger partial charge in [-0.3, -0.25) is 4.79 Å². The van der Waals surface area contributed by atoms with Gasteiger partial charge in [-0.25, -0.2) is 4.98 Å². The van der Waals surface area contributed by atoms with E-state index in [0.717, 1.165) is 22.6 Å². The van der Waals surface area contributed by atoms with Crippen molar-refractivity contribution in [2.24, 2.45) is 0 Å². The summed E-state index contributed by atoms with van der Waals surface area (Å²) >= 11 is 0. The van der Waals surface area contributed by atoms with Crippen molar-refractivity contribution in [1.82, 2.24) is 15.3 Å². The summed E-state index contributed by atoms with van der Waals surface area (Å²) in [6, 6.07) is 12.8. The average molecular weight is 309 g/mol. The minimum atomic E-state index is -0.211. The van der Waals surface area contributed by atoms with Gasteiger partial charge in [0.15, 0.2) is 0 Å². The standard InChI is InChI=1S/C18H19N3O2/c1-11-4-9-15-16(10-11)21-17(20-15)12(2)19-18(22)13-5-7-14(23-3)8-6-13/h4-10,12H,1-3H3,(H,19,22)(H,20,21). The minimum Gasteiger partial charge on any atom is -0.497 e. The quantitative estimate of drug-likeness (QED) is 0.776. The van der Waals surface area contributed by atoms with E-state index in [9.17, 15) is 4.79 Å². The van der Waals surface area contributed by atoms with E-state index >= 15 is 0 Å². The SMILES string of the molecule is COc1ccc(C(=O)NC(C)c2nc3ccc(C)cc3[nH]2)cc1. The van der Waals surface area contributed by atoms with E-state index in [1.54, 1.807) is 31.4 Å². The van der Waals surface area contributed by atoms with Gasteiger partial charge in [-0.1, -0.05) is 6.07 Å². The molecular formula is C18H19N3O2. The summed E-state index contributed by atoms with van der Waals surface area (Å²) in [5, 5.41) is 2.95. The molecule has 0 aliphatic rings. The van der Waals surface area contributed by atoms with Gasteiger partial charge < -0.3 is 15.0 Å². The third-order valence-electron chi connectivity index (χ3n) is 3.77. The van der Waals surface area contributed by atoms with Crippen molar-refractivity contribution in [2.75, 3.05) is 7.11 Å². The molecule has 0 fully saturated rings. The summed E-state index contributed by atoms with van der Waals surface area (Å²) in [7, 11) is 1.60. The maximum absolute atomic E-state index is 12.3. The van der Waals surface area contributed by atoms with Gasteiger partial charge in [-0.2, -0.15) is 0 Å². The van der Waals surface area contributed by atoms with E-state index in [-0.39, 0.29) is 11.9 Å². The summed E-state index contributed by atoms with van der Waals surface area (Å²) in [4.78, 5) is 20.1. The van der Waals surface area contributed by atoms with Crippen LogP contribution in [0.25, 0.3) is 11.0 Å². The Morgan fingerprint density at radius 1 is 1.22 bits per heavy atom. The van der Waals surface area contributed by atoms with E-state index in [1.807, 2.05) is 32.0 Å². The summed E-state index contributed by atoms with van der Waals surface area (Å²) in [6.07, 6.45) is 0. The third-order valence-corrected chi connectivity index (χ3v) is 3.77. The van der Waals surface area contributed by atoms with Crippen molar-refractivity contribution in [1.29, 1.82) is 0 Å². The van der Waals surface area contributed by atoms with Gasteiger partial charge in [0.1, 0.15) is 11.6 Å². The van der Waals surface area contributed by atoms with Crippen molar-refractivity contribution in [2.45, 2.75) is 19.9 Å². The number of aryl methyl sites for hydroxylation is 1. The number of aromatic nitrogens is 2. The molecular weight excluding hydrogens is 290 g/mol. The highest BCUT2D eigenvalue weighted by atomic mass is 16.5. The minimum absolute atomic E-state index is 0.142. The normalized spacial score (nSPS) is 12.1. The molecule has 0 aliphatic carbocycles. The molecule has 0 bridgehead atoms. The molecule has 1 atom stereocenters. The van der Waals surface area contributed by atoms with Crippen LogP contribution < -0.4 is 10.1 Å². The highest BCUT2D eigenvalue weighted by molar-refractivity contribution is 5.94. The molecule has 1 amide bonds. The number of nitrogens with one attached hydrogen (secondary N) is 2. The molecule has 0 saturated heterocycles. The number of methoxy groups -OCH3 is 1. The average Bonchev–Trinajstić information content (AvgIpc) is 2.98. The zero-order chi connectivity index (χ0) is 16.4. The topological polar surface area (TPSA) is 67.0 Å². The number of carbonyl (C=O) groups excluding carboxylic acids is 1. The Balaban J connectivity index is 1.76. The molecule has 1 aromatic heterocycles. The van der Waals surface area contributed by atoms with Gasteiger partial charge in [-0.05, 0) is 55.8 Å². The molecule has 0 saturated carbocycles. The Hall–Kier alpha value is -2.82. The first kappa shape index (κ1) is 15.1. The summed E-state index contributed by atoms with van der Waals surface area (Å²) in [6.45, 7) is 3.95. The number of carbonyl (C=O) groups is 1. The smallest absolute Gasteiger partial charge is 0.251 e. The van der Waals surface area contributed by atoms with Crippen molar-refractivity contribution in [3.05, 3.63) is 59.4 Å². The van der Waals surface area contributed by atoms with Crippen LogP contribution in [0.3, 0.4) is 0 Å². The van der Waals surface area contributed by atoms with Gasteiger partial charge >= 0.3 is 0 Å². The largest absolute Gasteiger partial charge is 0.497 e. The lowest BCUT2D eigenvalue weighted by Gasteiger charge is -2.11. The molecule has 0 spiro atoms. The number of ether oxygens (including phenoxy) is 1. The van der Waals surface area contributed by atoms with E-state index < -0.39 is 0 Å². The molecule has 2 N–H and O–H groups in total. The molecule has 118 valence electrons. The van der Waals surface area contributed by atoms with Crippen molar-refractivity contribution >= 4 is 16.9 Å². The second-order valence-corrected chi connectivity index (χ2v) is 5.57. The number of imidazole rings is 1. The number of hydrogen-bond donors (Lipinski definition) is 2. The van der Waals surface area contributed by atoms with Crippen LogP contribution >= 0.6 is 0 Å². The monoisotopic (exact) mass is 309 g/mol. The van der Waals surface area contributed by atoms with Crippen LogP contribution in [0.4, 0.5) is 0 Å². The Morgan fingerprint density at radius 3 is 2.65 bits per heavy atom. The number of amides is 1. The van der Waals surface area contributed by atoms with Crippen LogP contribution in [0.15, 0.2) is 42.5 Å². The number of hydrogen-bond acceptors (Lipinski definition) is 3. The van der Waals surface area contributed by atoms with Crippen LogP contribution in [0.2, 0.25) is 0 Å². The Bertz CT molecular complexity index is 837. The predicted molar refractivity (Wildman–Crippen MR) is 89.7 cm³/mol. The molecule has 3 rings (SSSR count). The number of H-pyrrole nitrogens is 1. The first-order valence-electron chi connectivity index (χ1n) is 7.48. The van der Waals surface area contributed by atoms with Gasteiger partial charge in [0.2, 0.25) is 0 Å². The van der Waals surface area contributed by atoms with E-state index in [1.165, 1.54) is 5.56 Å². The molecule has 5 nitrogen and oxygen atoms in total. The fourth-order valence-electron chi connectivity index (χ4n) is 2.44. The van der Waals surface area contributed by atoms with Gasteiger partial charge in [0.25, 0.3) is 5.91 Å². The molecule has 1 unspecified atom stereocenters. The van der Waals surface area contributed by atoms with Crippen LogP contribution in [-0.2, 0) is 0 Å². The third kappa shape index (κ3) is 3.18. The fourth-order valence-corrected chi connectivity index (χ4v) is 2.44. The fraction of sp³-hybridized carbons (Fsp3) is 0.222. The maximum atomic E-state index is 12.3. The Kier molecular flexibility index (Phi) is 4.02. The molecule has 2 aromatic carbocycles. The molecule has 0 aliphatic heterocycles. The molecule has 3 aromatic rings. The van der Waals surface area contributed by atoms with Gasteiger partial charge in [0, 0.05) is 5.56 Å². The number of fused-ring (bicyclic) bond motifs is 1. The lowest BCUT2D eigenvalue weighted by Crippen LogP contribution is -2.27. The number of rotatable bonds is 4. The van der Waals surface area contributed by atoms with Crippen LogP contribution in [0.1, 0.15) is 34.7 Å². The molecule has 23 heavy (non-hydrogen) atoms. The Morgan fingerprint density at radius 2 is 1.96 bits per heavy atom. The predicted octanol–water partition coefficient (Wildman–Crippen LogP) is 3.37. The number of aromatic amines is 1. The highest BCUT2D eigenvalue weighted by Crippen LogP contribution is 2.18. The number of nitrogens with zero attached hydrogens (tertiary/aromatic N) is 1. The molecule has 1 heterocycles. The van der Waals surface area contributed by atoms with Gasteiger partial charge in [0.05, 0.1) is 24.2 Å². The second kappa shape index (κ2) is 6.12. The molecule has 0 radical (unpaired) electrons. The Labute approximate surface area is 134 Å². The lowest BCUT2D eigenvalue weighted by atomic mass is 10.2. The molecule has 5 heteroatoms. The number of benzene rings is 2. The summed E-state index contributed by atoms with van der Waals surface area (Å²) in [5.74, 6) is 1.33. The first-order chi connectivity index (χ1) is 11.1. The zero-order valence-corrected chi connectivity index (χ0v) is 13.4. The van der Waals surface area contributed by atoms with Crippen molar-refractivity contribution in [3.63, 3.8) is 0 Å². The van der Waals surface area contributed by atoms with E-state index in [0.29, 0.717) is 5.56 Å². The van der Waals surface area contributed by atoms with E-state index in [4.69, 9.17) is 4.74 Å². The lowest BCUT2D eigenvalue weighted by molar-refractivity contribution is 0.0938. The van der Waals surface area contributed by atoms with Crippen molar-refractivity contribution < 1.29 is 9.53 Å². The van der Waals surface area contributed by atoms with Crippen LogP contribution in [0.5, 0.6) is 5.75 Å². The van der Waals surface area contributed by atoms with Crippen molar-refractivity contribution in [3.8, 4) is 5.75 Å². The van der Waals surface area contributed by atoms with Gasteiger partial charge in [-0.15, -0.1) is 0 Å². The highest BCUT2D eigenvalue weighted by Gasteiger charge is 2.15. The second-order valence-electron chi connectivity index (χ2n) is 5.57. The summed E-state index contributed by atoms with van der Waals surface area (Å²) in [5.41, 5.74) is 3.63. The van der Waals surface area contributed by atoms with E-state index in [2.05, 4.69) is 15.3 Å². The first-order valence-corrected chi connectivity index (χ1v) is 7.48.